The molecule has 0 atom stereocenters. The fourth-order valence-corrected chi connectivity index (χ4v) is 3.07. The molecule has 0 N–H and O–H groups in total. The van der Waals surface area contributed by atoms with Gasteiger partial charge in [0.15, 0.2) is 12.4 Å². The number of esters is 1. The van der Waals surface area contributed by atoms with Gasteiger partial charge in [-0.05, 0) is 37.9 Å². The third-order valence-corrected chi connectivity index (χ3v) is 5.24. The van der Waals surface area contributed by atoms with Gasteiger partial charge in [-0.2, -0.15) is 4.98 Å². The normalized spacial score (nSPS) is 10.6. The number of thiophene rings is 1. The summed E-state index contributed by atoms with van der Waals surface area (Å²) >= 11 is 7.92. The molecule has 96 valence electrons. The van der Waals surface area contributed by atoms with E-state index in [2.05, 4.69) is 42.0 Å². The zero-order valence-corrected chi connectivity index (χ0v) is 13.3. The van der Waals surface area contributed by atoms with Crippen molar-refractivity contribution in [2.24, 2.45) is 0 Å². The van der Waals surface area contributed by atoms with E-state index in [-0.39, 0.29) is 6.61 Å². The Morgan fingerprint density at radius 2 is 2.33 bits per heavy atom. The van der Waals surface area contributed by atoms with Gasteiger partial charge in [-0.25, -0.2) is 4.79 Å². The van der Waals surface area contributed by atoms with Crippen LogP contribution in [0.15, 0.2) is 18.8 Å². The smallest absolute Gasteiger partial charge is 0.348 e. The van der Waals surface area contributed by atoms with Crippen molar-refractivity contribution in [3.05, 3.63) is 30.9 Å². The van der Waals surface area contributed by atoms with Crippen molar-refractivity contribution >= 4 is 49.2 Å². The number of halogens is 2. The van der Waals surface area contributed by atoms with E-state index in [4.69, 9.17) is 9.26 Å². The molecule has 8 heteroatoms. The zero-order chi connectivity index (χ0) is 13.1. The van der Waals surface area contributed by atoms with E-state index in [1.54, 1.807) is 6.07 Å². The highest BCUT2D eigenvalue weighted by Crippen LogP contribution is 2.32. The Morgan fingerprint density at radius 1 is 1.56 bits per heavy atom. The maximum Gasteiger partial charge on any atom is 0.348 e. The summed E-state index contributed by atoms with van der Waals surface area (Å²) < 4.78 is 11.7. The van der Waals surface area contributed by atoms with Crippen molar-refractivity contribution in [2.75, 3.05) is 0 Å². The monoisotopic (exact) mass is 394 g/mol. The van der Waals surface area contributed by atoms with Crippen molar-refractivity contribution in [2.45, 2.75) is 20.0 Å². The molecule has 0 fully saturated rings. The molecule has 5 nitrogen and oxygen atoms in total. The molecular weight excluding hydrogens is 388 g/mol. The summed E-state index contributed by atoms with van der Waals surface area (Å²) in [5, 5.41) is 3.71. The number of aryl methyl sites for hydroxylation is 1. The molecule has 2 heterocycles. The summed E-state index contributed by atoms with van der Waals surface area (Å²) in [5.74, 6) is 0.486. The second-order valence-electron chi connectivity index (χ2n) is 3.27. The average molecular weight is 396 g/mol. The minimum absolute atomic E-state index is 0.0149. The Hall–Kier alpha value is -0.730. The largest absolute Gasteiger partial charge is 0.451 e. The molecule has 2 aromatic rings. The van der Waals surface area contributed by atoms with Crippen LogP contribution in [0.1, 0.15) is 28.3 Å². The molecular formula is C10H8Br2N2O3S. The predicted molar refractivity (Wildman–Crippen MR) is 72.5 cm³/mol. The van der Waals surface area contributed by atoms with Crippen molar-refractivity contribution in [1.82, 2.24) is 10.1 Å². The molecule has 0 saturated heterocycles. The Labute approximate surface area is 124 Å². The number of carbonyl (C=O) groups excluding carboxylic acids is 1. The van der Waals surface area contributed by atoms with E-state index in [9.17, 15) is 4.79 Å². The Kier molecular flexibility index (Phi) is 4.52. The zero-order valence-electron chi connectivity index (χ0n) is 9.27. The van der Waals surface area contributed by atoms with Gasteiger partial charge < -0.3 is 9.26 Å². The van der Waals surface area contributed by atoms with Crippen LogP contribution in [0.2, 0.25) is 0 Å². The number of hydrogen-bond donors (Lipinski definition) is 0. The first-order valence-electron chi connectivity index (χ1n) is 5.03. The van der Waals surface area contributed by atoms with Gasteiger partial charge in [-0.15, -0.1) is 11.3 Å². The van der Waals surface area contributed by atoms with E-state index < -0.39 is 5.97 Å². The summed E-state index contributed by atoms with van der Waals surface area (Å²) in [6.45, 7) is 1.90. The quantitative estimate of drug-likeness (QED) is 0.740. The van der Waals surface area contributed by atoms with E-state index in [0.29, 0.717) is 23.0 Å². The van der Waals surface area contributed by atoms with Crippen molar-refractivity contribution < 1.29 is 14.1 Å². The molecule has 0 saturated carbocycles. The Balaban J connectivity index is 1.95. The molecule has 0 aliphatic rings. The first kappa shape index (κ1) is 13.7. The van der Waals surface area contributed by atoms with Gasteiger partial charge in [-0.1, -0.05) is 12.1 Å². The average Bonchev–Trinajstić information content (AvgIpc) is 2.94. The highest BCUT2D eigenvalue weighted by atomic mass is 79.9. The fourth-order valence-electron chi connectivity index (χ4n) is 1.14. The minimum Gasteiger partial charge on any atom is -0.451 e. The van der Waals surface area contributed by atoms with Gasteiger partial charge >= 0.3 is 5.97 Å². The third kappa shape index (κ3) is 3.18. The fraction of sp³-hybridized carbons (Fsp3) is 0.300. The molecule has 0 spiro atoms. The number of ether oxygens (including phenoxy) is 1. The van der Waals surface area contributed by atoms with Crippen LogP contribution in [0.3, 0.4) is 0 Å². The van der Waals surface area contributed by atoms with Crippen molar-refractivity contribution in [3.63, 3.8) is 0 Å². The predicted octanol–water partition coefficient (Wildman–Crippen LogP) is 3.58. The van der Waals surface area contributed by atoms with E-state index in [0.717, 1.165) is 8.26 Å². The standard InChI is InChI=1S/C10H8Br2N2O3S/c1-2-7-13-8(17-14-7)4-16-10(15)6-3-5(11)9(12)18-6/h3H,2,4H2,1H3. The highest BCUT2D eigenvalue weighted by Gasteiger charge is 2.15. The Morgan fingerprint density at radius 3 is 2.89 bits per heavy atom. The van der Waals surface area contributed by atoms with Crippen molar-refractivity contribution in [1.29, 1.82) is 0 Å². The lowest BCUT2D eigenvalue weighted by Gasteiger charge is -1.97. The van der Waals surface area contributed by atoms with Crippen LogP contribution in [0.4, 0.5) is 0 Å². The summed E-state index contributed by atoms with van der Waals surface area (Å²) in [6, 6.07) is 1.70. The highest BCUT2D eigenvalue weighted by molar-refractivity contribution is 9.13. The molecule has 0 unspecified atom stereocenters. The van der Waals surface area contributed by atoms with Crippen LogP contribution < -0.4 is 0 Å². The second kappa shape index (κ2) is 5.94. The van der Waals surface area contributed by atoms with Crippen LogP contribution in [-0.4, -0.2) is 16.1 Å². The van der Waals surface area contributed by atoms with Crippen LogP contribution in [0.5, 0.6) is 0 Å². The first-order valence-corrected chi connectivity index (χ1v) is 7.43. The SMILES string of the molecule is CCc1noc(COC(=O)c2cc(Br)c(Br)s2)n1. The Bertz CT molecular complexity index is 548. The number of rotatable bonds is 4. The van der Waals surface area contributed by atoms with Crippen LogP contribution in [0, 0.1) is 0 Å². The number of hydrogen-bond acceptors (Lipinski definition) is 6. The van der Waals surface area contributed by atoms with Gasteiger partial charge in [0.2, 0.25) is 0 Å². The molecule has 0 aromatic carbocycles. The van der Waals surface area contributed by atoms with Crippen LogP contribution >= 0.6 is 43.2 Å². The molecule has 0 bridgehead atoms. The summed E-state index contributed by atoms with van der Waals surface area (Å²) in [5.41, 5.74) is 0. The van der Waals surface area contributed by atoms with E-state index >= 15 is 0 Å². The second-order valence-corrected chi connectivity index (χ2v) is 6.49. The maximum atomic E-state index is 11.7. The number of aromatic nitrogens is 2. The van der Waals surface area contributed by atoms with Gasteiger partial charge in [0.1, 0.15) is 4.88 Å². The molecule has 0 aliphatic carbocycles. The molecule has 0 amide bonds. The van der Waals surface area contributed by atoms with Crippen molar-refractivity contribution in [3.8, 4) is 0 Å². The van der Waals surface area contributed by atoms with Gasteiger partial charge in [0.25, 0.3) is 5.89 Å². The lowest BCUT2D eigenvalue weighted by atomic mass is 10.5. The summed E-state index contributed by atoms with van der Waals surface area (Å²) in [4.78, 5) is 16.3. The van der Waals surface area contributed by atoms with Gasteiger partial charge in [0, 0.05) is 10.9 Å². The number of carbonyl (C=O) groups is 1. The molecule has 0 aliphatic heterocycles. The van der Waals surface area contributed by atoms with Crippen LogP contribution in [0.25, 0.3) is 0 Å². The lowest BCUT2D eigenvalue weighted by molar-refractivity contribution is 0.0435. The van der Waals surface area contributed by atoms with Crippen LogP contribution in [-0.2, 0) is 17.8 Å². The third-order valence-electron chi connectivity index (χ3n) is 2.00. The topological polar surface area (TPSA) is 65.2 Å². The lowest BCUT2D eigenvalue weighted by Crippen LogP contribution is -2.03. The van der Waals surface area contributed by atoms with E-state index in [1.165, 1.54) is 11.3 Å². The molecule has 2 rings (SSSR count). The molecule has 0 radical (unpaired) electrons. The molecule has 18 heavy (non-hydrogen) atoms. The molecule has 2 aromatic heterocycles. The number of nitrogens with zero attached hydrogens (tertiary/aromatic N) is 2. The summed E-state index contributed by atoms with van der Waals surface area (Å²) in [7, 11) is 0. The van der Waals surface area contributed by atoms with Gasteiger partial charge in [-0.3, -0.25) is 0 Å². The first-order chi connectivity index (χ1) is 8.60. The summed E-state index contributed by atoms with van der Waals surface area (Å²) in [6.07, 6.45) is 0.683. The van der Waals surface area contributed by atoms with Gasteiger partial charge in [0.05, 0.1) is 3.79 Å². The maximum absolute atomic E-state index is 11.7. The minimum atomic E-state index is -0.414. The van der Waals surface area contributed by atoms with E-state index in [1.807, 2.05) is 6.92 Å².